The van der Waals surface area contributed by atoms with Gasteiger partial charge in [-0.3, -0.25) is 0 Å². The number of hydrogen-bond donors (Lipinski definition) is 2. The van der Waals surface area contributed by atoms with Gasteiger partial charge in [0.05, 0.1) is 5.71 Å². The summed E-state index contributed by atoms with van der Waals surface area (Å²) in [4.78, 5) is 0. The van der Waals surface area contributed by atoms with Crippen molar-refractivity contribution < 1.29 is 5.21 Å². The molecule has 2 aromatic rings. The van der Waals surface area contributed by atoms with Crippen LogP contribution in [0.25, 0.3) is 0 Å². The van der Waals surface area contributed by atoms with E-state index in [2.05, 4.69) is 29.5 Å². The summed E-state index contributed by atoms with van der Waals surface area (Å²) in [7, 11) is 0. The second kappa shape index (κ2) is 6.59. The SMILES string of the molecule is Cc1ccc(NCC/C(=N\O)c2ccccc2)cc1. The molecule has 0 radical (unpaired) electrons. The molecule has 3 nitrogen and oxygen atoms in total. The summed E-state index contributed by atoms with van der Waals surface area (Å²) in [6, 6.07) is 18.0. The molecule has 2 aromatic carbocycles. The van der Waals surface area contributed by atoms with Crippen LogP contribution < -0.4 is 5.32 Å². The Morgan fingerprint density at radius 1 is 1.05 bits per heavy atom. The maximum Gasteiger partial charge on any atom is 0.0885 e. The van der Waals surface area contributed by atoms with Crippen molar-refractivity contribution >= 4 is 11.4 Å². The number of anilines is 1. The summed E-state index contributed by atoms with van der Waals surface area (Å²) in [5, 5.41) is 15.8. The van der Waals surface area contributed by atoms with Gasteiger partial charge in [-0.15, -0.1) is 0 Å². The molecule has 2 rings (SSSR count). The zero-order valence-corrected chi connectivity index (χ0v) is 11.0. The second-order valence-electron chi connectivity index (χ2n) is 4.46. The van der Waals surface area contributed by atoms with E-state index in [0.717, 1.165) is 17.8 Å². The lowest BCUT2D eigenvalue weighted by Crippen LogP contribution is -2.09. The molecule has 19 heavy (non-hydrogen) atoms. The van der Waals surface area contributed by atoms with Crippen LogP contribution in [0.15, 0.2) is 59.8 Å². The summed E-state index contributed by atoms with van der Waals surface area (Å²) in [6.07, 6.45) is 0.675. The molecule has 0 aliphatic carbocycles. The van der Waals surface area contributed by atoms with E-state index in [1.165, 1.54) is 5.56 Å². The van der Waals surface area contributed by atoms with Gasteiger partial charge in [0.25, 0.3) is 0 Å². The van der Waals surface area contributed by atoms with Gasteiger partial charge in [-0.05, 0) is 24.6 Å². The zero-order chi connectivity index (χ0) is 13.5. The number of nitrogens with zero attached hydrogens (tertiary/aromatic N) is 1. The maximum absolute atomic E-state index is 9.07. The summed E-state index contributed by atoms with van der Waals surface area (Å²) in [6.45, 7) is 2.80. The highest BCUT2D eigenvalue weighted by Gasteiger charge is 2.03. The molecule has 0 unspecified atom stereocenters. The Labute approximate surface area is 113 Å². The number of nitrogens with one attached hydrogen (secondary N) is 1. The predicted molar refractivity (Wildman–Crippen MR) is 79.1 cm³/mol. The molecule has 0 saturated heterocycles. The van der Waals surface area contributed by atoms with Gasteiger partial charge in [0.15, 0.2) is 0 Å². The number of hydrogen-bond acceptors (Lipinski definition) is 3. The minimum Gasteiger partial charge on any atom is -0.411 e. The van der Waals surface area contributed by atoms with Crippen LogP contribution in [0.5, 0.6) is 0 Å². The first-order valence-corrected chi connectivity index (χ1v) is 6.36. The third-order valence-corrected chi connectivity index (χ3v) is 2.97. The lowest BCUT2D eigenvalue weighted by molar-refractivity contribution is 0.318. The van der Waals surface area contributed by atoms with Gasteiger partial charge >= 0.3 is 0 Å². The minimum atomic E-state index is 0.675. The molecule has 0 heterocycles. The zero-order valence-electron chi connectivity index (χ0n) is 11.0. The lowest BCUT2D eigenvalue weighted by atomic mass is 10.1. The van der Waals surface area contributed by atoms with Gasteiger partial charge in [-0.2, -0.15) is 0 Å². The molecule has 2 N–H and O–H groups in total. The van der Waals surface area contributed by atoms with Crippen LogP contribution in [0, 0.1) is 6.92 Å². The Balaban J connectivity index is 1.89. The highest BCUT2D eigenvalue weighted by Crippen LogP contribution is 2.09. The molecular formula is C16H18N2O. The van der Waals surface area contributed by atoms with Crippen molar-refractivity contribution in [2.45, 2.75) is 13.3 Å². The van der Waals surface area contributed by atoms with E-state index >= 15 is 0 Å². The molecular weight excluding hydrogens is 236 g/mol. The summed E-state index contributed by atoms with van der Waals surface area (Å²) in [5.41, 5.74) is 3.97. The highest BCUT2D eigenvalue weighted by atomic mass is 16.4. The monoisotopic (exact) mass is 254 g/mol. The maximum atomic E-state index is 9.07. The van der Waals surface area contributed by atoms with Gasteiger partial charge in [-0.1, -0.05) is 53.2 Å². The Bertz CT molecular complexity index is 532. The Kier molecular flexibility index (Phi) is 4.56. The third-order valence-electron chi connectivity index (χ3n) is 2.97. The van der Waals surface area contributed by atoms with Gasteiger partial charge in [0.1, 0.15) is 0 Å². The fourth-order valence-corrected chi connectivity index (χ4v) is 1.88. The van der Waals surface area contributed by atoms with Crippen LogP contribution in [0.1, 0.15) is 17.5 Å². The number of rotatable bonds is 5. The summed E-state index contributed by atoms with van der Waals surface area (Å²) in [5.74, 6) is 0. The van der Waals surface area contributed by atoms with E-state index in [0.29, 0.717) is 12.1 Å². The Hall–Kier alpha value is -2.29. The van der Waals surface area contributed by atoms with Crippen molar-refractivity contribution in [2.24, 2.45) is 5.16 Å². The van der Waals surface area contributed by atoms with E-state index in [9.17, 15) is 0 Å². The van der Waals surface area contributed by atoms with E-state index in [-0.39, 0.29) is 0 Å². The smallest absolute Gasteiger partial charge is 0.0885 e. The summed E-state index contributed by atoms with van der Waals surface area (Å²) >= 11 is 0. The molecule has 98 valence electrons. The first-order valence-electron chi connectivity index (χ1n) is 6.36. The standard InChI is InChI=1S/C16H18N2O/c1-13-7-9-15(10-8-13)17-12-11-16(18-19)14-5-3-2-4-6-14/h2-10,17,19H,11-12H2,1H3/b18-16+. The van der Waals surface area contributed by atoms with E-state index in [1.54, 1.807) is 0 Å². The van der Waals surface area contributed by atoms with Crippen molar-refractivity contribution in [3.05, 3.63) is 65.7 Å². The summed E-state index contributed by atoms with van der Waals surface area (Å²) < 4.78 is 0. The average Bonchev–Trinajstić information content (AvgIpc) is 2.46. The first kappa shape index (κ1) is 13.1. The lowest BCUT2D eigenvalue weighted by Gasteiger charge is -2.08. The van der Waals surface area contributed by atoms with Crippen LogP contribution in [0.3, 0.4) is 0 Å². The fourth-order valence-electron chi connectivity index (χ4n) is 1.88. The van der Waals surface area contributed by atoms with Crippen molar-refractivity contribution in [1.29, 1.82) is 0 Å². The molecule has 0 spiro atoms. The predicted octanol–water partition coefficient (Wildman–Crippen LogP) is 3.68. The minimum absolute atomic E-state index is 0.675. The van der Waals surface area contributed by atoms with Crippen molar-refractivity contribution in [3.8, 4) is 0 Å². The highest BCUT2D eigenvalue weighted by molar-refractivity contribution is 6.00. The third kappa shape index (κ3) is 3.85. The molecule has 0 bridgehead atoms. The number of benzene rings is 2. The van der Waals surface area contributed by atoms with Crippen LogP contribution in [0.4, 0.5) is 5.69 Å². The van der Waals surface area contributed by atoms with Gasteiger partial charge in [-0.25, -0.2) is 0 Å². The van der Waals surface area contributed by atoms with Gasteiger partial charge in [0.2, 0.25) is 0 Å². The molecule has 0 fully saturated rings. The van der Waals surface area contributed by atoms with E-state index in [4.69, 9.17) is 5.21 Å². The van der Waals surface area contributed by atoms with Crippen LogP contribution >= 0.6 is 0 Å². The molecule has 0 aromatic heterocycles. The first-order chi connectivity index (χ1) is 9.29. The molecule has 3 heteroatoms. The van der Waals surface area contributed by atoms with E-state index < -0.39 is 0 Å². The fraction of sp³-hybridized carbons (Fsp3) is 0.188. The Morgan fingerprint density at radius 2 is 1.74 bits per heavy atom. The van der Waals surface area contributed by atoms with Gasteiger partial charge < -0.3 is 10.5 Å². The van der Waals surface area contributed by atoms with Crippen molar-refractivity contribution in [1.82, 2.24) is 0 Å². The molecule has 0 saturated carbocycles. The van der Waals surface area contributed by atoms with Crippen LogP contribution in [0.2, 0.25) is 0 Å². The largest absolute Gasteiger partial charge is 0.411 e. The van der Waals surface area contributed by atoms with Crippen LogP contribution in [-0.2, 0) is 0 Å². The molecule has 0 amide bonds. The molecule has 0 atom stereocenters. The van der Waals surface area contributed by atoms with Crippen molar-refractivity contribution in [3.63, 3.8) is 0 Å². The van der Waals surface area contributed by atoms with E-state index in [1.807, 2.05) is 42.5 Å². The number of aryl methyl sites for hydroxylation is 1. The Morgan fingerprint density at radius 3 is 2.37 bits per heavy atom. The van der Waals surface area contributed by atoms with Gasteiger partial charge in [0, 0.05) is 18.7 Å². The number of oxime groups is 1. The molecule has 0 aliphatic heterocycles. The average molecular weight is 254 g/mol. The molecule has 0 aliphatic rings. The second-order valence-corrected chi connectivity index (χ2v) is 4.46. The quantitative estimate of drug-likeness (QED) is 0.485. The normalized spacial score (nSPS) is 11.3. The van der Waals surface area contributed by atoms with Crippen LogP contribution in [-0.4, -0.2) is 17.5 Å². The van der Waals surface area contributed by atoms with Crippen molar-refractivity contribution in [2.75, 3.05) is 11.9 Å². The topological polar surface area (TPSA) is 44.6 Å².